The van der Waals surface area contributed by atoms with E-state index in [-0.39, 0.29) is 23.2 Å². The van der Waals surface area contributed by atoms with Gasteiger partial charge in [-0.3, -0.25) is 13.9 Å². The maximum absolute atomic E-state index is 14.8. The molecule has 0 unspecified atom stereocenters. The van der Waals surface area contributed by atoms with Gasteiger partial charge in [0.25, 0.3) is 10.0 Å². The third kappa shape index (κ3) is 7.08. The lowest BCUT2D eigenvalue weighted by atomic mass is 10.1. The lowest BCUT2D eigenvalue weighted by Gasteiger charge is -2.32. The van der Waals surface area contributed by atoms with Crippen LogP contribution in [0.1, 0.15) is 26.3 Å². The quantitative estimate of drug-likeness (QED) is 0.403. The van der Waals surface area contributed by atoms with Crippen LogP contribution in [0, 0.1) is 5.82 Å². The fourth-order valence-corrected chi connectivity index (χ4v) is 5.23. The van der Waals surface area contributed by atoms with Crippen LogP contribution in [-0.2, 0) is 26.2 Å². The highest BCUT2D eigenvalue weighted by Crippen LogP contribution is 2.27. The Morgan fingerprint density at radius 2 is 1.51 bits per heavy atom. The number of para-hydroxylation sites is 1. The van der Waals surface area contributed by atoms with E-state index >= 15 is 0 Å². The van der Waals surface area contributed by atoms with Gasteiger partial charge in [-0.05, 0) is 62.7 Å². The Morgan fingerprint density at radius 3 is 2.11 bits per heavy atom. The molecular formula is C27H29ClFN3O4S. The number of halogens is 2. The first-order valence-corrected chi connectivity index (χ1v) is 13.5. The second-order valence-corrected chi connectivity index (χ2v) is 11.1. The number of carbonyl (C=O) groups excluding carboxylic acids is 2. The Balaban J connectivity index is 2.02. The summed E-state index contributed by atoms with van der Waals surface area (Å²) in [5, 5.41) is 3.28. The maximum Gasteiger partial charge on any atom is 0.264 e. The minimum Gasteiger partial charge on any atom is -0.352 e. The number of amides is 2. The maximum atomic E-state index is 14.8. The monoisotopic (exact) mass is 545 g/mol. The predicted octanol–water partition coefficient (Wildman–Crippen LogP) is 4.62. The van der Waals surface area contributed by atoms with Crippen LogP contribution in [0.5, 0.6) is 0 Å². The van der Waals surface area contributed by atoms with E-state index in [1.54, 1.807) is 63.2 Å². The van der Waals surface area contributed by atoms with E-state index in [9.17, 15) is 22.4 Å². The van der Waals surface area contributed by atoms with Crippen molar-refractivity contribution in [2.24, 2.45) is 0 Å². The Bertz CT molecular complexity index is 1340. The lowest BCUT2D eigenvalue weighted by molar-refractivity contribution is -0.139. The van der Waals surface area contributed by atoms with Crippen molar-refractivity contribution in [1.82, 2.24) is 10.2 Å². The van der Waals surface area contributed by atoms with Crippen molar-refractivity contribution >= 4 is 39.1 Å². The SMILES string of the molecule is CC(C)NC(=O)[C@H](C)N(Cc1ccc(Cl)cc1)C(=O)CN(c1ccccc1F)S(=O)(=O)c1ccccc1. The highest BCUT2D eigenvalue weighted by molar-refractivity contribution is 7.92. The van der Waals surface area contributed by atoms with Crippen molar-refractivity contribution in [3.63, 3.8) is 0 Å². The number of nitrogens with zero attached hydrogens (tertiary/aromatic N) is 2. The number of benzene rings is 3. The number of hydrogen-bond acceptors (Lipinski definition) is 4. The Hall–Kier alpha value is -3.43. The van der Waals surface area contributed by atoms with Crippen LogP contribution >= 0.6 is 11.6 Å². The molecule has 1 N–H and O–H groups in total. The predicted molar refractivity (Wildman–Crippen MR) is 142 cm³/mol. The summed E-state index contributed by atoms with van der Waals surface area (Å²) in [5.74, 6) is -1.88. The second-order valence-electron chi connectivity index (χ2n) is 8.76. The molecule has 7 nitrogen and oxygen atoms in total. The standard InChI is InChI=1S/C27H29ClFN3O4S/c1-19(2)30-27(34)20(3)31(17-21-13-15-22(28)16-14-21)26(33)18-32(25-12-8-7-11-24(25)29)37(35,36)23-9-5-4-6-10-23/h4-16,19-20H,17-18H2,1-3H3,(H,30,34)/t20-/m0/s1. The minimum absolute atomic E-state index is 0.0131. The summed E-state index contributed by atoms with van der Waals surface area (Å²) in [6.45, 7) is 4.44. The van der Waals surface area contributed by atoms with Gasteiger partial charge in [-0.2, -0.15) is 0 Å². The molecule has 3 aromatic carbocycles. The largest absolute Gasteiger partial charge is 0.352 e. The molecule has 3 rings (SSSR count). The van der Waals surface area contributed by atoms with E-state index < -0.39 is 40.2 Å². The molecule has 0 aliphatic rings. The summed E-state index contributed by atoms with van der Waals surface area (Å²) in [6.07, 6.45) is 0. The average molecular weight is 546 g/mol. The molecule has 0 aromatic heterocycles. The summed E-state index contributed by atoms with van der Waals surface area (Å²) < 4.78 is 42.7. The zero-order chi connectivity index (χ0) is 27.2. The highest BCUT2D eigenvalue weighted by atomic mass is 35.5. The molecule has 0 heterocycles. The fourth-order valence-electron chi connectivity index (χ4n) is 3.66. The van der Waals surface area contributed by atoms with Gasteiger partial charge >= 0.3 is 0 Å². The number of nitrogens with one attached hydrogen (secondary N) is 1. The number of hydrogen-bond donors (Lipinski definition) is 1. The lowest BCUT2D eigenvalue weighted by Crippen LogP contribution is -2.52. The van der Waals surface area contributed by atoms with Crippen molar-refractivity contribution in [3.8, 4) is 0 Å². The van der Waals surface area contributed by atoms with Crippen molar-refractivity contribution in [2.75, 3.05) is 10.8 Å². The van der Waals surface area contributed by atoms with Crippen LogP contribution in [0.2, 0.25) is 5.02 Å². The highest BCUT2D eigenvalue weighted by Gasteiger charge is 2.33. The molecule has 0 aliphatic heterocycles. The molecule has 0 saturated heterocycles. The van der Waals surface area contributed by atoms with Gasteiger partial charge in [-0.15, -0.1) is 0 Å². The molecule has 0 aliphatic carbocycles. The van der Waals surface area contributed by atoms with Crippen LogP contribution in [0.15, 0.2) is 83.8 Å². The van der Waals surface area contributed by atoms with E-state index in [1.807, 2.05) is 0 Å². The zero-order valence-corrected chi connectivity index (χ0v) is 22.3. The normalized spacial score (nSPS) is 12.2. The van der Waals surface area contributed by atoms with Crippen LogP contribution in [0.25, 0.3) is 0 Å². The third-order valence-corrected chi connectivity index (χ3v) is 7.62. The molecule has 2 amide bonds. The van der Waals surface area contributed by atoms with Crippen molar-refractivity contribution < 1.29 is 22.4 Å². The first kappa shape index (κ1) is 28.1. The summed E-state index contributed by atoms with van der Waals surface area (Å²) in [4.78, 5) is 27.7. The topological polar surface area (TPSA) is 86.8 Å². The van der Waals surface area contributed by atoms with E-state index in [4.69, 9.17) is 11.6 Å². The molecule has 196 valence electrons. The smallest absolute Gasteiger partial charge is 0.264 e. The number of rotatable bonds is 10. The van der Waals surface area contributed by atoms with Gasteiger partial charge in [0.05, 0.1) is 10.6 Å². The molecule has 1 atom stereocenters. The molecular weight excluding hydrogens is 517 g/mol. The molecule has 0 saturated carbocycles. The number of anilines is 1. The van der Waals surface area contributed by atoms with Gasteiger partial charge < -0.3 is 10.2 Å². The van der Waals surface area contributed by atoms with Crippen molar-refractivity contribution in [1.29, 1.82) is 0 Å². The first-order chi connectivity index (χ1) is 17.5. The van der Waals surface area contributed by atoms with E-state index in [2.05, 4.69) is 5.32 Å². The first-order valence-electron chi connectivity index (χ1n) is 11.7. The van der Waals surface area contributed by atoms with Crippen molar-refractivity contribution in [2.45, 2.75) is 44.3 Å². The minimum atomic E-state index is -4.32. The molecule has 3 aromatic rings. The Kier molecular flexibility index (Phi) is 9.29. The Morgan fingerprint density at radius 1 is 0.919 bits per heavy atom. The van der Waals surface area contributed by atoms with Crippen LogP contribution in [0.4, 0.5) is 10.1 Å². The Labute approximate surface area is 221 Å². The van der Waals surface area contributed by atoms with Crippen LogP contribution in [0.3, 0.4) is 0 Å². The third-order valence-electron chi connectivity index (χ3n) is 5.60. The zero-order valence-electron chi connectivity index (χ0n) is 20.8. The van der Waals surface area contributed by atoms with Crippen molar-refractivity contribution in [3.05, 3.63) is 95.3 Å². The van der Waals surface area contributed by atoms with Gasteiger partial charge in [-0.1, -0.05) is 54.1 Å². The van der Waals surface area contributed by atoms with Gasteiger partial charge in [-0.25, -0.2) is 12.8 Å². The molecule has 0 bridgehead atoms. The van der Waals surface area contributed by atoms with E-state index in [0.29, 0.717) is 10.6 Å². The fraction of sp³-hybridized carbons (Fsp3) is 0.259. The summed E-state index contributed by atoms with van der Waals surface area (Å²) in [7, 11) is -4.32. The summed E-state index contributed by atoms with van der Waals surface area (Å²) in [6, 6.07) is 18.4. The van der Waals surface area contributed by atoms with Crippen LogP contribution < -0.4 is 9.62 Å². The van der Waals surface area contributed by atoms with Gasteiger partial charge in [0.15, 0.2) is 0 Å². The summed E-state index contributed by atoms with van der Waals surface area (Å²) in [5.41, 5.74) is 0.413. The van der Waals surface area contributed by atoms with Gasteiger partial charge in [0.2, 0.25) is 11.8 Å². The van der Waals surface area contributed by atoms with Gasteiger partial charge in [0, 0.05) is 17.6 Å². The molecule has 37 heavy (non-hydrogen) atoms. The summed E-state index contributed by atoms with van der Waals surface area (Å²) >= 11 is 5.99. The van der Waals surface area contributed by atoms with Crippen LogP contribution in [-0.4, -0.2) is 43.8 Å². The molecule has 0 fully saturated rings. The number of carbonyl (C=O) groups is 2. The second kappa shape index (κ2) is 12.2. The average Bonchev–Trinajstić information content (AvgIpc) is 2.87. The number of sulfonamides is 1. The molecule has 0 radical (unpaired) electrons. The molecule has 10 heteroatoms. The van der Waals surface area contributed by atoms with Gasteiger partial charge in [0.1, 0.15) is 18.4 Å². The van der Waals surface area contributed by atoms with E-state index in [1.165, 1.54) is 35.2 Å². The van der Waals surface area contributed by atoms with E-state index in [0.717, 1.165) is 10.4 Å². The molecule has 0 spiro atoms.